The molecule has 4 heterocycles. The highest BCUT2D eigenvalue weighted by Crippen LogP contribution is 2.32. The average Bonchev–Trinajstić information content (AvgIpc) is 3.57. The van der Waals surface area contributed by atoms with E-state index in [4.69, 9.17) is 9.97 Å². The quantitative estimate of drug-likeness (QED) is 0.273. The normalized spacial score (nSPS) is 13.9. The lowest BCUT2D eigenvalue weighted by Crippen LogP contribution is -2.48. The standard InChI is InChI=1S/C27H29N9O/c1-3-18-15-28-25-24(18)26(31-22-5-4-6-23-21(22)16-29-34-23)33-27(32-25)30-19-7-9-20(10-8-19)36-13-11-35(12-14-36)17(2)37/h4-10,15-16H,3,11-14H2,1-2H3,(H,29,34)(H3,28,30,31,32,33). The Labute approximate surface area is 214 Å². The van der Waals surface area contributed by atoms with Gasteiger partial charge in [-0.05, 0) is 48.4 Å². The predicted octanol–water partition coefficient (Wildman–Crippen LogP) is 4.55. The molecule has 0 bridgehead atoms. The molecule has 5 aromatic rings. The highest BCUT2D eigenvalue weighted by Gasteiger charge is 2.19. The predicted molar refractivity (Wildman–Crippen MR) is 147 cm³/mol. The SMILES string of the molecule is CCc1c[nH]c2nc(Nc3ccc(N4CCN(C(C)=O)CC4)cc3)nc(Nc3cccc4[nH]ncc34)c12. The molecule has 0 atom stereocenters. The number of anilines is 5. The number of piperazine rings is 1. The van der Waals surface area contributed by atoms with Gasteiger partial charge in [-0.25, -0.2) is 0 Å². The summed E-state index contributed by atoms with van der Waals surface area (Å²) in [6, 6.07) is 14.2. The van der Waals surface area contributed by atoms with Crippen LogP contribution < -0.4 is 15.5 Å². The number of aromatic amines is 2. The number of rotatable bonds is 6. The molecule has 1 fully saturated rings. The minimum atomic E-state index is 0.139. The lowest BCUT2D eigenvalue weighted by atomic mass is 10.1. The summed E-state index contributed by atoms with van der Waals surface area (Å²) >= 11 is 0. The van der Waals surface area contributed by atoms with Gasteiger partial charge in [0.25, 0.3) is 0 Å². The number of carbonyl (C=O) groups excluding carboxylic acids is 1. The highest BCUT2D eigenvalue weighted by molar-refractivity contribution is 5.98. The van der Waals surface area contributed by atoms with Gasteiger partial charge in [-0.2, -0.15) is 15.1 Å². The summed E-state index contributed by atoms with van der Waals surface area (Å²) in [7, 11) is 0. The van der Waals surface area contributed by atoms with Gasteiger partial charge in [0.1, 0.15) is 11.5 Å². The number of aromatic nitrogens is 5. The van der Waals surface area contributed by atoms with Crippen molar-refractivity contribution >= 4 is 56.7 Å². The molecular formula is C27H29N9O. The van der Waals surface area contributed by atoms with E-state index < -0.39 is 0 Å². The molecule has 1 amide bonds. The monoisotopic (exact) mass is 495 g/mol. The molecule has 0 radical (unpaired) electrons. The van der Waals surface area contributed by atoms with Crippen LogP contribution in [0, 0.1) is 0 Å². The van der Waals surface area contributed by atoms with Crippen LogP contribution in [0.15, 0.2) is 54.9 Å². The molecule has 6 rings (SSSR count). The molecule has 0 saturated carbocycles. The Hall–Kier alpha value is -4.60. The fraction of sp³-hybridized carbons (Fsp3) is 0.259. The van der Waals surface area contributed by atoms with Gasteiger partial charge in [0, 0.05) is 56.1 Å². The van der Waals surface area contributed by atoms with Gasteiger partial charge in [0.05, 0.1) is 22.8 Å². The zero-order valence-corrected chi connectivity index (χ0v) is 20.9. The van der Waals surface area contributed by atoms with E-state index in [1.54, 1.807) is 6.92 Å². The Kier molecular flexibility index (Phi) is 5.84. The van der Waals surface area contributed by atoms with Crippen molar-refractivity contribution in [3.05, 3.63) is 60.4 Å². The lowest BCUT2D eigenvalue weighted by Gasteiger charge is -2.35. The maximum absolute atomic E-state index is 11.6. The van der Waals surface area contributed by atoms with Crippen LogP contribution in [0.4, 0.5) is 28.8 Å². The molecule has 37 heavy (non-hydrogen) atoms. The number of hydrogen-bond donors (Lipinski definition) is 4. The number of H-pyrrole nitrogens is 2. The molecule has 1 saturated heterocycles. The van der Waals surface area contributed by atoms with E-state index in [0.29, 0.717) is 5.95 Å². The number of carbonyl (C=O) groups is 1. The highest BCUT2D eigenvalue weighted by atomic mass is 16.2. The van der Waals surface area contributed by atoms with E-state index in [1.165, 1.54) is 0 Å². The van der Waals surface area contributed by atoms with Crippen molar-refractivity contribution in [3.8, 4) is 0 Å². The van der Waals surface area contributed by atoms with E-state index in [2.05, 4.69) is 49.8 Å². The van der Waals surface area contributed by atoms with Crippen molar-refractivity contribution in [2.24, 2.45) is 0 Å². The molecule has 10 nitrogen and oxygen atoms in total. The number of amides is 1. The van der Waals surface area contributed by atoms with Crippen LogP contribution in [-0.2, 0) is 11.2 Å². The summed E-state index contributed by atoms with van der Waals surface area (Å²) in [6.45, 7) is 6.92. The third kappa shape index (κ3) is 4.42. The number of fused-ring (bicyclic) bond motifs is 2. The molecular weight excluding hydrogens is 466 g/mol. The van der Waals surface area contributed by atoms with Gasteiger partial charge in [-0.1, -0.05) is 13.0 Å². The van der Waals surface area contributed by atoms with Crippen LogP contribution in [0.1, 0.15) is 19.4 Å². The fourth-order valence-electron chi connectivity index (χ4n) is 4.89. The molecule has 4 N–H and O–H groups in total. The minimum absolute atomic E-state index is 0.139. The van der Waals surface area contributed by atoms with Crippen LogP contribution in [0.2, 0.25) is 0 Å². The van der Waals surface area contributed by atoms with E-state index in [9.17, 15) is 4.79 Å². The summed E-state index contributed by atoms with van der Waals surface area (Å²) in [5, 5.41) is 16.1. The third-order valence-electron chi connectivity index (χ3n) is 6.95. The first-order chi connectivity index (χ1) is 18.1. The lowest BCUT2D eigenvalue weighted by molar-refractivity contribution is -0.129. The maximum atomic E-state index is 11.6. The first-order valence-electron chi connectivity index (χ1n) is 12.5. The molecule has 1 aliphatic heterocycles. The van der Waals surface area contributed by atoms with Crippen molar-refractivity contribution in [3.63, 3.8) is 0 Å². The smallest absolute Gasteiger partial charge is 0.231 e. The number of hydrogen-bond acceptors (Lipinski definition) is 7. The molecule has 10 heteroatoms. The van der Waals surface area contributed by atoms with Gasteiger partial charge in [-0.15, -0.1) is 0 Å². The van der Waals surface area contributed by atoms with Gasteiger partial charge in [0.2, 0.25) is 11.9 Å². The summed E-state index contributed by atoms with van der Waals surface area (Å²) in [5.41, 5.74) is 5.85. The molecule has 0 aliphatic carbocycles. The molecule has 0 spiro atoms. The summed E-state index contributed by atoms with van der Waals surface area (Å²) < 4.78 is 0. The summed E-state index contributed by atoms with van der Waals surface area (Å²) in [4.78, 5) is 28.7. The second-order valence-electron chi connectivity index (χ2n) is 9.21. The van der Waals surface area contributed by atoms with E-state index in [1.807, 2.05) is 47.6 Å². The number of nitrogens with one attached hydrogen (secondary N) is 4. The van der Waals surface area contributed by atoms with Crippen LogP contribution >= 0.6 is 0 Å². The Bertz CT molecular complexity index is 1560. The topological polar surface area (TPSA) is 118 Å². The molecule has 2 aromatic carbocycles. The Balaban J connectivity index is 1.26. The number of aryl methyl sites for hydroxylation is 1. The average molecular weight is 496 g/mol. The minimum Gasteiger partial charge on any atom is -0.368 e. The molecule has 3 aromatic heterocycles. The van der Waals surface area contributed by atoms with Crippen molar-refractivity contribution in [2.75, 3.05) is 41.7 Å². The van der Waals surface area contributed by atoms with Gasteiger partial charge in [0.15, 0.2) is 0 Å². The third-order valence-corrected chi connectivity index (χ3v) is 6.95. The first-order valence-corrected chi connectivity index (χ1v) is 12.5. The second kappa shape index (κ2) is 9.45. The van der Waals surface area contributed by atoms with Crippen LogP contribution in [0.25, 0.3) is 21.9 Å². The van der Waals surface area contributed by atoms with E-state index in [-0.39, 0.29) is 5.91 Å². The van der Waals surface area contributed by atoms with Crippen molar-refractivity contribution < 1.29 is 4.79 Å². The number of benzene rings is 2. The zero-order valence-electron chi connectivity index (χ0n) is 20.9. The Morgan fingerprint density at radius 3 is 2.59 bits per heavy atom. The molecule has 1 aliphatic rings. The first kappa shape index (κ1) is 22.8. The van der Waals surface area contributed by atoms with Crippen molar-refractivity contribution in [1.29, 1.82) is 0 Å². The Morgan fingerprint density at radius 2 is 1.84 bits per heavy atom. The van der Waals surface area contributed by atoms with Crippen LogP contribution in [0.5, 0.6) is 0 Å². The van der Waals surface area contributed by atoms with Crippen molar-refractivity contribution in [2.45, 2.75) is 20.3 Å². The van der Waals surface area contributed by atoms with E-state index >= 15 is 0 Å². The maximum Gasteiger partial charge on any atom is 0.231 e. The molecule has 0 unspecified atom stereocenters. The molecule has 188 valence electrons. The van der Waals surface area contributed by atoms with Gasteiger partial charge >= 0.3 is 0 Å². The summed E-state index contributed by atoms with van der Waals surface area (Å²) in [6.07, 6.45) is 4.67. The van der Waals surface area contributed by atoms with E-state index in [0.717, 1.165) is 83.0 Å². The van der Waals surface area contributed by atoms with Gasteiger partial charge < -0.3 is 25.4 Å². The largest absolute Gasteiger partial charge is 0.368 e. The van der Waals surface area contributed by atoms with Crippen LogP contribution in [0.3, 0.4) is 0 Å². The summed E-state index contributed by atoms with van der Waals surface area (Å²) in [5.74, 6) is 1.38. The zero-order chi connectivity index (χ0) is 25.4. The van der Waals surface area contributed by atoms with Crippen LogP contribution in [-0.4, -0.2) is 62.1 Å². The second-order valence-corrected chi connectivity index (χ2v) is 9.21. The van der Waals surface area contributed by atoms with Gasteiger partial charge in [-0.3, -0.25) is 9.89 Å². The van der Waals surface area contributed by atoms with Crippen molar-refractivity contribution in [1.82, 2.24) is 30.0 Å². The Morgan fingerprint density at radius 1 is 1.03 bits per heavy atom. The fourth-order valence-corrected chi connectivity index (χ4v) is 4.89. The number of nitrogens with zero attached hydrogens (tertiary/aromatic N) is 5.